The molecule has 1 aliphatic carbocycles. The highest BCUT2D eigenvalue weighted by atomic mass is 16.1. The predicted molar refractivity (Wildman–Crippen MR) is 108 cm³/mol. The zero-order valence-corrected chi connectivity index (χ0v) is 16.5. The van der Waals surface area contributed by atoms with Crippen LogP contribution in [0, 0.1) is 5.92 Å². The summed E-state index contributed by atoms with van der Waals surface area (Å²) in [6.07, 6.45) is 5.93. The molecule has 2 heterocycles. The Kier molecular flexibility index (Phi) is 4.94. The first-order chi connectivity index (χ1) is 13.5. The summed E-state index contributed by atoms with van der Waals surface area (Å²) in [6.45, 7) is 4.18. The summed E-state index contributed by atoms with van der Waals surface area (Å²) < 4.78 is 1.98. The number of rotatable bonds is 6. The number of carbonyl (C=O) groups excluding carboxylic acids is 1. The maximum atomic E-state index is 12.9. The van der Waals surface area contributed by atoms with Gasteiger partial charge in [0.1, 0.15) is 5.82 Å². The van der Waals surface area contributed by atoms with Crippen LogP contribution in [0.3, 0.4) is 0 Å². The van der Waals surface area contributed by atoms with Gasteiger partial charge in [0.2, 0.25) is 0 Å². The number of carbonyl (C=O) groups is 1. The van der Waals surface area contributed by atoms with Gasteiger partial charge in [0.25, 0.3) is 5.91 Å². The van der Waals surface area contributed by atoms with E-state index in [4.69, 9.17) is 0 Å². The Labute approximate surface area is 165 Å². The van der Waals surface area contributed by atoms with Gasteiger partial charge in [-0.25, -0.2) is 4.98 Å². The molecule has 0 unspecified atom stereocenters. The molecule has 0 aliphatic heterocycles. The van der Waals surface area contributed by atoms with Crippen molar-refractivity contribution in [3.8, 4) is 11.3 Å². The fourth-order valence-corrected chi connectivity index (χ4v) is 3.35. The van der Waals surface area contributed by atoms with E-state index >= 15 is 0 Å². The second kappa shape index (κ2) is 7.54. The Morgan fingerprint density at radius 1 is 1.18 bits per heavy atom. The van der Waals surface area contributed by atoms with E-state index in [0.29, 0.717) is 17.4 Å². The zero-order valence-electron chi connectivity index (χ0n) is 16.5. The third-order valence-corrected chi connectivity index (χ3v) is 5.21. The monoisotopic (exact) mass is 375 g/mol. The molecule has 4 rings (SSSR count). The Bertz CT molecular complexity index is 973. The Morgan fingerprint density at radius 3 is 2.61 bits per heavy atom. The van der Waals surface area contributed by atoms with Crippen LogP contribution in [0.1, 0.15) is 60.5 Å². The predicted octanol–water partition coefficient (Wildman–Crippen LogP) is 3.88. The number of hydrogen-bond donors (Lipinski definition) is 1. The molecular formula is C22H25N5O. The summed E-state index contributed by atoms with van der Waals surface area (Å²) in [7, 11) is 1.96. The van der Waals surface area contributed by atoms with Gasteiger partial charge in [0.05, 0.1) is 17.4 Å². The lowest BCUT2D eigenvalue weighted by molar-refractivity contribution is 0.0929. The van der Waals surface area contributed by atoms with E-state index < -0.39 is 0 Å². The average molecular weight is 375 g/mol. The zero-order chi connectivity index (χ0) is 19.7. The second-order valence-corrected chi connectivity index (χ2v) is 7.76. The van der Waals surface area contributed by atoms with Crippen LogP contribution >= 0.6 is 0 Å². The minimum absolute atomic E-state index is 0.0544. The number of amides is 1. The highest BCUT2D eigenvalue weighted by molar-refractivity contribution is 5.95. The van der Waals surface area contributed by atoms with Crippen LogP contribution in [0.15, 0.2) is 48.8 Å². The number of aromatic nitrogens is 4. The minimum atomic E-state index is -0.0893. The van der Waals surface area contributed by atoms with E-state index in [0.717, 1.165) is 35.6 Å². The van der Waals surface area contributed by atoms with Gasteiger partial charge in [0.15, 0.2) is 0 Å². The van der Waals surface area contributed by atoms with Gasteiger partial charge in [-0.2, -0.15) is 10.2 Å². The van der Waals surface area contributed by atoms with Crippen LogP contribution in [0.4, 0.5) is 0 Å². The van der Waals surface area contributed by atoms with Crippen LogP contribution in [0.25, 0.3) is 11.3 Å². The van der Waals surface area contributed by atoms with Crippen LogP contribution in [0.2, 0.25) is 0 Å². The quantitative estimate of drug-likeness (QED) is 0.710. The first-order valence-electron chi connectivity index (χ1n) is 9.75. The molecule has 1 fully saturated rings. The number of benzene rings is 1. The Morgan fingerprint density at radius 2 is 2.00 bits per heavy atom. The molecule has 1 amide bonds. The molecule has 1 saturated carbocycles. The molecule has 6 nitrogen and oxygen atoms in total. The van der Waals surface area contributed by atoms with Crippen molar-refractivity contribution in [3.05, 3.63) is 65.9 Å². The standard InChI is InChI=1S/C22H25N5O/c1-14(2)18-9-10-19(26-25-18)16-5-4-6-17(13-16)22(28)24-20(15-7-8-15)21-23-11-12-27(21)3/h4-6,9-15,20H,7-8H2,1-3H3,(H,24,28)/t20-/m0/s1. The highest BCUT2D eigenvalue weighted by Gasteiger charge is 2.35. The molecule has 0 radical (unpaired) electrons. The van der Waals surface area contributed by atoms with Crippen molar-refractivity contribution in [3.63, 3.8) is 0 Å². The fourth-order valence-electron chi connectivity index (χ4n) is 3.35. The van der Waals surface area contributed by atoms with Crippen molar-refractivity contribution in [2.45, 2.75) is 38.6 Å². The van der Waals surface area contributed by atoms with Gasteiger partial charge in [0, 0.05) is 30.6 Å². The van der Waals surface area contributed by atoms with Crippen molar-refractivity contribution in [1.29, 1.82) is 0 Å². The molecule has 28 heavy (non-hydrogen) atoms. The third kappa shape index (κ3) is 3.81. The molecular weight excluding hydrogens is 350 g/mol. The molecule has 6 heteroatoms. The lowest BCUT2D eigenvalue weighted by atomic mass is 10.1. The number of imidazole rings is 1. The van der Waals surface area contributed by atoms with Crippen molar-refractivity contribution in [1.82, 2.24) is 25.1 Å². The molecule has 1 N–H and O–H groups in total. The molecule has 1 aliphatic rings. The topological polar surface area (TPSA) is 72.7 Å². The Hall–Kier alpha value is -3.02. The lowest BCUT2D eigenvalue weighted by Crippen LogP contribution is -2.31. The maximum Gasteiger partial charge on any atom is 0.251 e. The molecule has 0 saturated heterocycles. The van der Waals surface area contributed by atoms with Gasteiger partial charge in [-0.3, -0.25) is 4.79 Å². The molecule has 1 atom stereocenters. The van der Waals surface area contributed by atoms with Crippen molar-refractivity contribution < 1.29 is 4.79 Å². The molecule has 0 spiro atoms. The van der Waals surface area contributed by atoms with Crippen LogP contribution in [-0.2, 0) is 7.05 Å². The van der Waals surface area contributed by atoms with Gasteiger partial charge in [-0.1, -0.05) is 26.0 Å². The van der Waals surface area contributed by atoms with Gasteiger partial charge in [-0.15, -0.1) is 0 Å². The van der Waals surface area contributed by atoms with Gasteiger partial charge >= 0.3 is 0 Å². The van der Waals surface area contributed by atoms with Crippen molar-refractivity contribution >= 4 is 5.91 Å². The number of nitrogens with zero attached hydrogens (tertiary/aromatic N) is 4. The number of hydrogen-bond acceptors (Lipinski definition) is 4. The first kappa shape index (κ1) is 18.3. The molecule has 3 aromatic rings. The SMILES string of the molecule is CC(C)c1ccc(-c2cccc(C(=O)N[C@H](c3nccn3C)C3CC3)c2)nn1. The van der Waals surface area contributed by atoms with E-state index in [-0.39, 0.29) is 11.9 Å². The first-order valence-corrected chi connectivity index (χ1v) is 9.75. The van der Waals surface area contributed by atoms with E-state index in [1.54, 1.807) is 6.20 Å². The average Bonchev–Trinajstić information content (AvgIpc) is 3.47. The van der Waals surface area contributed by atoms with Crippen LogP contribution in [-0.4, -0.2) is 25.7 Å². The van der Waals surface area contributed by atoms with Gasteiger partial charge < -0.3 is 9.88 Å². The van der Waals surface area contributed by atoms with E-state index in [2.05, 4.69) is 34.3 Å². The second-order valence-electron chi connectivity index (χ2n) is 7.76. The van der Waals surface area contributed by atoms with E-state index in [1.165, 1.54) is 0 Å². The van der Waals surface area contributed by atoms with Crippen molar-refractivity contribution in [2.75, 3.05) is 0 Å². The largest absolute Gasteiger partial charge is 0.342 e. The van der Waals surface area contributed by atoms with Crippen LogP contribution < -0.4 is 5.32 Å². The summed E-state index contributed by atoms with van der Waals surface area (Å²) in [5.74, 6) is 1.61. The van der Waals surface area contributed by atoms with Crippen molar-refractivity contribution in [2.24, 2.45) is 13.0 Å². The fraction of sp³-hybridized carbons (Fsp3) is 0.364. The summed E-state index contributed by atoms with van der Waals surface area (Å²) >= 11 is 0. The normalized spacial score (nSPS) is 14.9. The summed E-state index contributed by atoms with van der Waals surface area (Å²) in [5.41, 5.74) is 3.23. The molecule has 1 aromatic carbocycles. The van der Waals surface area contributed by atoms with Gasteiger partial charge in [-0.05, 0) is 48.9 Å². The molecule has 2 aromatic heterocycles. The summed E-state index contributed by atoms with van der Waals surface area (Å²) in [5, 5.41) is 11.8. The molecule has 144 valence electrons. The smallest absolute Gasteiger partial charge is 0.251 e. The number of aryl methyl sites for hydroxylation is 1. The highest BCUT2D eigenvalue weighted by Crippen LogP contribution is 2.40. The maximum absolute atomic E-state index is 12.9. The van der Waals surface area contributed by atoms with E-state index in [1.807, 2.05) is 54.2 Å². The lowest BCUT2D eigenvalue weighted by Gasteiger charge is -2.18. The summed E-state index contributed by atoms with van der Waals surface area (Å²) in [4.78, 5) is 17.4. The third-order valence-electron chi connectivity index (χ3n) is 5.21. The molecule has 0 bridgehead atoms. The summed E-state index contributed by atoms with van der Waals surface area (Å²) in [6, 6.07) is 11.4. The van der Waals surface area contributed by atoms with Crippen LogP contribution in [0.5, 0.6) is 0 Å². The van der Waals surface area contributed by atoms with E-state index in [9.17, 15) is 4.79 Å². The Balaban J connectivity index is 1.55. The minimum Gasteiger partial charge on any atom is -0.342 e. The number of nitrogens with one attached hydrogen (secondary N) is 1.